The quantitative estimate of drug-likeness (QED) is 0.456. The number of benzene rings is 1. The molecule has 1 aromatic rings. The minimum Gasteiger partial charge on any atom is -0.376 e. The van der Waals surface area contributed by atoms with Crippen LogP contribution in [0.1, 0.15) is 0 Å². The first-order chi connectivity index (χ1) is 6.66. The molecule has 14 heavy (non-hydrogen) atoms. The first-order valence-corrected chi connectivity index (χ1v) is 3.94. The number of hydrogen-bond donors (Lipinski definition) is 1. The molecule has 0 radical (unpaired) electrons. The van der Waals surface area contributed by atoms with Crippen LogP contribution in [-0.2, 0) is 0 Å². The zero-order chi connectivity index (χ0) is 10.6. The number of para-hydroxylation sites is 1. The van der Waals surface area contributed by atoms with Gasteiger partial charge < -0.3 is 5.32 Å². The van der Waals surface area contributed by atoms with Gasteiger partial charge in [-0.25, -0.2) is 0 Å². The van der Waals surface area contributed by atoms with Crippen molar-refractivity contribution in [3.63, 3.8) is 0 Å². The third-order valence-electron chi connectivity index (χ3n) is 1.61. The Morgan fingerprint density at radius 2 is 2.36 bits per heavy atom. The molecular formula is C9H9FN2O2. The number of anilines is 1. The highest BCUT2D eigenvalue weighted by atomic mass is 19.1. The number of halogens is 1. The zero-order valence-electron chi connectivity index (χ0n) is 7.37. The van der Waals surface area contributed by atoms with E-state index in [4.69, 9.17) is 0 Å². The van der Waals surface area contributed by atoms with E-state index in [0.29, 0.717) is 6.54 Å². The number of nitrogens with one attached hydrogen (secondary N) is 1. The number of hydrogen-bond acceptors (Lipinski definition) is 3. The summed E-state index contributed by atoms with van der Waals surface area (Å²) in [5.74, 6) is -0.843. The summed E-state index contributed by atoms with van der Waals surface area (Å²) >= 11 is 0. The largest absolute Gasteiger partial charge is 0.376 e. The predicted molar refractivity (Wildman–Crippen MR) is 51.7 cm³/mol. The Kier molecular flexibility index (Phi) is 3.17. The van der Waals surface area contributed by atoms with Crippen LogP contribution in [0.25, 0.3) is 0 Å². The van der Waals surface area contributed by atoms with E-state index in [1.54, 1.807) is 0 Å². The Morgan fingerprint density at radius 3 is 2.93 bits per heavy atom. The maximum Gasteiger partial charge on any atom is 0.327 e. The zero-order valence-corrected chi connectivity index (χ0v) is 7.37. The van der Waals surface area contributed by atoms with Gasteiger partial charge in [0, 0.05) is 6.54 Å². The molecule has 0 aliphatic heterocycles. The fraction of sp³-hybridized carbons (Fsp3) is 0.111. The van der Waals surface area contributed by atoms with Crippen LogP contribution < -0.4 is 5.32 Å². The second-order valence-corrected chi connectivity index (χ2v) is 2.56. The summed E-state index contributed by atoms with van der Waals surface area (Å²) in [6, 6.07) is 3.91. The van der Waals surface area contributed by atoms with Crippen molar-refractivity contribution in [2.24, 2.45) is 0 Å². The predicted octanol–water partition coefficient (Wildman–Crippen LogP) is 2.33. The van der Waals surface area contributed by atoms with Crippen molar-refractivity contribution in [3.05, 3.63) is 46.8 Å². The molecule has 1 N–H and O–H groups in total. The highest BCUT2D eigenvalue weighted by Gasteiger charge is 2.18. The molecule has 0 aliphatic carbocycles. The molecule has 0 heterocycles. The van der Waals surface area contributed by atoms with Crippen LogP contribution in [0.2, 0.25) is 0 Å². The van der Waals surface area contributed by atoms with E-state index in [2.05, 4.69) is 11.9 Å². The average Bonchev–Trinajstić information content (AvgIpc) is 2.14. The molecule has 0 atom stereocenters. The number of nitro groups is 1. The Morgan fingerprint density at radius 1 is 1.64 bits per heavy atom. The van der Waals surface area contributed by atoms with Crippen LogP contribution in [0.5, 0.6) is 0 Å². The highest BCUT2D eigenvalue weighted by molar-refractivity contribution is 5.62. The van der Waals surface area contributed by atoms with E-state index in [1.807, 2.05) is 0 Å². The van der Waals surface area contributed by atoms with Crippen LogP contribution in [0, 0.1) is 15.9 Å². The molecule has 1 aromatic carbocycles. The van der Waals surface area contributed by atoms with E-state index in [1.165, 1.54) is 18.2 Å². The van der Waals surface area contributed by atoms with Crippen LogP contribution >= 0.6 is 0 Å². The maximum absolute atomic E-state index is 13.0. The molecule has 0 saturated heterocycles. The molecule has 0 amide bonds. The molecule has 74 valence electrons. The van der Waals surface area contributed by atoms with Crippen molar-refractivity contribution in [2.45, 2.75) is 0 Å². The monoisotopic (exact) mass is 196 g/mol. The van der Waals surface area contributed by atoms with Crippen LogP contribution in [0.15, 0.2) is 30.9 Å². The first-order valence-electron chi connectivity index (χ1n) is 3.94. The number of nitro benzene ring substituents is 1. The lowest BCUT2D eigenvalue weighted by atomic mass is 10.2. The summed E-state index contributed by atoms with van der Waals surface area (Å²) in [6.45, 7) is 3.80. The second kappa shape index (κ2) is 4.36. The van der Waals surface area contributed by atoms with E-state index in [0.717, 1.165) is 6.07 Å². The molecule has 0 aliphatic rings. The van der Waals surface area contributed by atoms with E-state index in [9.17, 15) is 14.5 Å². The number of nitrogens with zero attached hydrogens (tertiary/aromatic N) is 1. The van der Waals surface area contributed by atoms with Crippen LogP contribution in [0.4, 0.5) is 15.8 Å². The first kappa shape index (κ1) is 10.2. The lowest BCUT2D eigenvalue weighted by Crippen LogP contribution is -2.03. The van der Waals surface area contributed by atoms with Gasteiger partial charge in [0.25, 0.3) is 0 Å². The summed E-state index contributed by atoms with van der Waals surface area (Å²) in [6.07, 6.45) is 1.54. The molecule has 0 fully saturated rings. The van der Waals surface area contributed by atoms with Gasteiger partial charge in [-0.1, -0.05) is 12.1 Å². The third kappa shape index (κ3) is 2.07. The van der Waals surface area contributed by atoms with Crippen molar-refractivity contribution in [3.8, 4) is 0 Å². The van der Waals surface area contributed by atoms with Crippen molar-refractivity contribution in [1.29, 1.82) is 0 Å². The molecule has 0 saturated carbocycles. The fourth-order valence-corrected chi connectivity index (χ4v) is 1.03. The Bertz CT molecular complexity index is 366. The summed E-state index contributed by atoms with van der Waals surface area (Å²) < 4.78 is 13.0. The smallest absolute Gasteiger partial charge is 0.327 e. The molecule has 0 spiro atoms. The van der Waals surface area contributed by atoms with Gasteiger partial charge in [0.1, 0.15) is 5.69 Å². The van der Waals surface area contributed by atoms with Gasteiger partial charge in [-0.3, -0.25) is 10.1 Å². The minimum absolute atomic E-state index is 0.162. The lowest BCUT2D eigenvalue weighted by molar-refractivity contribution is -0.386. The van der Waals surface area contributed by atoms with Crippen molar-refractivity contribution in [1.82, 2.24) is 0 Å². The van der Waals surface area contributed by atoms with Gasteiger partial charge >= 0.3 is 5.69 Å². The fourth-order valence-electron chi connectivity index (χ4n) is 1.03. The van der Waals surface area contributed by atoms with E-state index in [-0.39, 0.29) is 5.69 Å². The lowest BCUT2D eigenvalue weighted by Gasteiger charge is -2.04. The van der Waals surface area contributed by atoms with Gasteiger partial charge in [0.05, 0.1) is 4.92 Å². The summed E-state index contributed by atoms with van der Waals surface area (Å²) in [5.41, 5.74) is -0.371. The standard InChI is InChI=1S/C9H9FN2O2/c1-2-6-11-8-5-3-4-7(10)9(8)12(13)14/h2-5,11H,1,6H2. The Hall–Kier alpha value is -1.91. The van der Waals surface area contributed by atoms with E-state index >= 15 is 0 Å². The molecule has 0 aromatic heterocycles. The summed E-state index contributed by atoms with van der Waals surface area (Å²) in [4.78, 5) is 9.76. The second-order valence-electron chi connectivity index (χ2n) is 2.56. The highest BCUT2D eigenvalue weighted by Crippen LogP contribution is 2.26. The van der Waals surface area contributed by atoms with Gasteiger partial charge in [0.2, 0.25) is 5.82 Å². The maximum atomic E-state index is 13.0. The molecule has 5 heteroatoms. The van der Waals surface area contributed by atoms with E-state index < -0.39 is 16.4 Å². The summed E-state index contributed by atoms with van der Waals surface area (Å²) in [7, 11) is 0. The van der Waals surface area contributed by atoms with Crippen LogP contribution in [-0.4, -0.2) is 11.5 Å². The Balaban J connectivity index is 3.07. The minimum atomic E-state index is -0.843. The van der Waals surface area contributed by atoms with Crippen molar-refractivity contribution < 1.29 is 9.31 Å². The average molecular weight is 196 g/mol. The normalized spacial score (nSPS) is 9.50. The van der Waals surface area contributed by atoms with Crippen molar-refractivity contribution >= 4 is 11.4 Å². The third-order valence-corrected chi connectivity index (χ3v) is 1.61. The molecule has 0 unspecified atom stereocenters. The summed E-state index contributed by atoms with van der Waals surface area (Å²) in [5, 5.41) is 13.2. The molecule has 1 rings (SSSR count). The Labute approximate surface area is 80.2 Å². The molecule has 4 nitrogen and oxygen atoms in total. The van der Waals surface area contributed by atoms with Gasteiger partial charge in [0.15, 0.2) is 0 Å². The molecule has 0 bridgehead atoms. The number of rotatable bonds is 4. The SMILES string of the molecule is C=CCNc1cccc(F)c1[N+](=O)[O-]. The topological polar surface area (TPSA) is 55.2 Å². The van der Waals surface area contributed by atoms with Crippen molar-refractivity contribution in [2.75, 3.05) is 11.9 Å². The van der Waals surface area contributed by atoms with Gasteiger partial charge in [-0.2, -0.15) is 4.39 Å². The van der Waals surface area contributed by atoms with Gasteiger partial charge in [-0.05, 0) is 12.1 Å². The van der Waals surface area contributed by atoms with Gasteiger partial charge in [-0.15, -0.1) is 6.58 Å². The van der Waals surface area contributed by atoms with Crippen LogP contribution in [0.3, 0.4) is 0 Å². The molecular weight excluding hydrogens is 187 g/mol.